The zero-order valence-electron chi connectivity index (χ0n) is 37.7. The van der Waals surface area contributed by atoms with Crippen molar-refractivity contribution < 1.29 is 42.8 Å². The van der Waals surface area contributed by atoms with E-state index < -0.39 is 0 Å². The van der Waals surface area contributed by atoms with E-state index in [1.807, 2.05) is 18.6 Å². The zero-order chi connectivity index (χ0) is 46.6. The van der Waals surface area contributed by atoms with Gasteiger partial charge in [0.25, 0.3) is 0 Å². The minimum Gasteiger partial charge on any atom is -0.487 e. The van der Waals surface area contributed by atoms with Gasteiger partial charge in [-0.3, -0.25) is 0 Å². The van der Waals surface area contributed by atoms with Gasteiger partial charge in [0.1, 0.15) is 54.2 Å². The lowest BCUT2D eigenvalue weighted by atomic mass is 9.88. The Hall–Kier alpha value is -7.89. The van der Waals surface area contributed by atoms with Crippen LogP contribution in [0.4, 0.5) is 0 Å². The second-order valence-electron chi connectivity index (χ2n) is 15.1. The molecule has 0 aliphatic heterocycles. The molecule has 18 heteroatoms. The van der Waals surface area contributed by atoms with Crippen LogP contribution in [0.25, 0.3) is 0 Å². The highest BCUT2D eigenvalue weighted by Crippen LogP contribution is 2.30. The monoisotopic (exact) mass is 897 g/mol. The van der Waals surface area contributed by atoms with Crippen LogP contribution in [0.5, 0.6) is 17.2 Å². The summed E-state index contributed by atoms with van der Waals surface area (Å²) in [5.74, 6) is 0.581. The summed E-state index contributed by atoms with van der Waals surface area (Å²) < 4.78 is 38.5. The van der Waals surface area contributed by atoms with Crippen molar-refractivity contribution in [2.24, 2.45) is 0 Å². The molecule has 0 saturated carbocycles. The molecule has 0 spiro atoms. The van der Waals surface area contributed by atoms with E-state index in [1.54, 1.807) is 108 Å². The van der Waals surface area contributed by atoms with E-state index in [9.17, 15) is 14.4 Å². The van der Waals surface area contributed by atoms with E-state index in [2.05, 4.69) is 51.7 Å². The van der Waals surface area contributed by atoms with Gasteiger partial charge in [0.15, 0.2) is 0 Å². The lowest BCUT2D eigenvalue weighted by molar-refractivity contribution is 0.0516. The average Bonchev–Trinajstić information content (AvgIpc) is 4.11. The standard InChI is InChI=1S/C48H51N9O9/c1-7-61-46(58)34-10-16-40(17-11-34)64-28-37-22-55(52-49-37)25-43-31(4)44(26-56-23-38(50-53-56)29-65-41-18-12-35(13-19-41)47(59)62-8-2)33(6)45(32(43)5)27-57-24-39(51-54-57)30-66-42-20-14-36(15-21-42)48(60)63-9-3/h10-24H,7-9,25-30H2,1-6H3. The fraction of sp³-hybridized carbons (Fsp3) is 0.312. The Morgan fingerprint density at radius 3 is 0.924 bits per heavy atom. The quantitative estimate of drug-likeness (QED) is 0.0539. The van der Waals surface area contributed by atoms with Crippen LogP contribution in [0.15, 0.2) is 91.4 Å². The molecule has 0 atom stereocenters. The summed E-state index contributed by atoms with van der Waals surface area (Å²) >= 11 is 0. The van der Waals surface area contributed by atoms with Crippen LogP contribution in [0.3, 0.4) is 0 Å². The Labute approximate surface area is 381 Å². The normalized spacial score (nSPS) is 11.0. The van der Waals surface area contributed by atoms with Crippen LogP contribution in [0, 0.1) is 20.8 Å². The minimum absolute atomic E-state index is 0.176. The fourth-order valence-corrected chi connectivity index (χ4v) is 7.21. The fourth-order valence-electron chi connectivity index (χ4n) is 7.21. The smallest absolute Gasteiger partial charge is 0.338 e. The summed E-state index contributed by atoms with van der Waals surface area (Å²) in [4.78, 5) is 36.2. The number of aromatic nitrogens is 9. The van der Waals surface area contributed by atoms with Gasteiger partial charge in [0.2, 0.25) is 0 Å². The molecule has 342 valence electrons. The molecular weight excluding hydrogens is 847 g/mol. The summed E-state index contributed by atoms with van der Waals surface area (Å²) in [5, 5.41) is 26.5. The minimum atomic E-state index is -0.387. The summed E-state index contributed by atoms with van der Waals surface area (Å²) in [6.07, 6.45) is 5.56. The van der Waals surface area contributed by atoms with Crippen LogP contribution in [-0.4, -0.2) is 82.7 Å². The molecule has 4 aromatic carbocycles. The molecule has 0 amide bonds. The lowest BCUT2D eigenvalue weighted by Crippen LogP contribution is -2.15. The summed E-state index contributed by atoms with van der Waals surface area (Å²) in [6, 6.07) is 20.3. The number of ether oxygens (including phenoxy) is 6. The van der Waals surface area contributed by atoms with E-state index in [-0.39, 0.29) is 37.7 Å². The van der Waals surface area contributed by atoms with Gasteiger partial charge < -0.3 is 28.4 Å². The van der Waals surface area contributed by atoms with E-state index in [0.717, 1.165) is 33.4 Å². The Morgan fingerprint density at radius 2 is 0.682 bits per heavy atom. The van der Waals surface area contributed by atoms with Crippen molar-refractivity contribution in [2.75, 3.05) is 19.8 Å². The largest absolute Gasteiger partial charge is 0.487 e. The second-order valence-corrected chi connectivity index (χ2v) is 15.1. The molecule has 0 fully saturated rings. The van der Waals surface area contributed by atoms with Crippen molar-refractivity contribution in [3.63, 3.8) is 0 Å². The zero-order valence-corrected chi connectivity index (χ0v) is 37.7. The molecule has 0 radical (unpaired) electrons. The number of rotatable bonds is 21. The molecule has 0 aliphatic rings. The molecular formula is C48H51N9O9. The molecule has 66 heavy (non-hydrogen) atoms. The van der Waals surface area contributed by atoms with Crippen molar-refractivity contribution in [3.8, 4) is 17.2 Å². The number of benzene rings is 4. The molecule has 18 nitrogen and oxygen atoms in total. The molecule has 0 N–H and O–H groups in total. The summed E-state index contributed by atoms with van der Waals surface area (Å²) in [6.45, 7) is 14.3. The third kappa shape index (κ3) is 11.6. The first-order valence-electron chi connectivity index (χ1n) is 21.5. The molecule has 3 heterocycles. The predicted octanol–water partition coefficient (Wildman–Crippen LogP) is 6.80. The number of esters is 3. The van der Waals surface area contributed by atoms with Crippen LogP contribution < -0.4 is 14.2 Å². The van der Waals surface area contributed by atoms with Gasteiger partial charge in [-0.25, -0.2) is 28.4 Å². The van der Waals surface area contributed by atoms with Crippen molar-refractivity contribution in [3.05, 3.63) is 159 Å². The second kappa shape index (κ2) is 21.7. The molecule has 0 bridgehead atoms. The highest BCUT2D eigenvalue weighted by atomic mass is 16.5. The Balaban J connectivity index is 1.08. The third-order valence-corrected chi connectivity index (χ3v) is 10.7. The Kier molecular flexibility index (Phi) is 15.1. The molecule has 0 saturated heterocycles. The molecule has 3 aromatic heterocycles. The van der Waals surface area contributed by atoms with E-state index in [0.29, 0.717) is 90.5 Å². The van der Waals surface area contributed by atoms with Crippen molar-refractivity contribution in [2.45, 2.75) is 81.0 Å². The maximum atomic E-state index is 12.1. The first-order valence-corrected chi connectivity index (χ1v) is 21.5. The topological polar surface area (TPSA) is 199 Å². The number of hydrogen-bond acceptors (Lipinski definition) is 15. The maximum absolute atomic E-state index is 12.1. The summed E-state index contributed by atoms with van der Waals surface area (Å²) in [5.41, 5.74) is 9.61. The number of hydrogen-bond donors (Lipinski definition) is 0. The van der Waals surface area contributed by atoms with Crippen LogP contribution in [0.1, 0.15) is 102 Å². The average molecular weight is 898 g/mol. The number of nitrogens with zero attached hydrogens (tertiary/aromatic N) is 9. The van der Waals surface area contributed by atoms with Crippen LogP contribution in [-0.2, 0) is 53.7 Å². The number of carbonyl (C=O) groups is 3. The predicted molar refractivity (Wildman–Crippen MR) is 238 cm³/mol. The Morgan fingerprint density at radius 1 is 0.424 bits per heavy atom. The Bertz CT molecular complexity index is 2440. The maximum Gasteiger partial charge on any atom is 0.338 e. The van der Waals surface area contributed by atoms with Gasteiger partial charge in [0.05, 0.1) is 74.7 Å². The first kappa shape index (κ1) is 46.1. The van der Waals surface area contributed by atoms with E-state index in [4.69, 9.17) is 28.4 Å². The van der Waals surface area contributed by atoms with Crippen LogP contribution in [0.2, 0.25) is 0 Å². The van der Waals surface area contributed by atoms with E-state index in [1.165, 1.54) is 0 Å². The van der Waals surface area contributed by atoms with E-state index >= 15 is 0 Å². The molecule has 7 aromatic rings. The molecule has 7 rings (SSSR count). The van der Waals surface area contributed by atoms with Gasteiger partial charge in [-0.1, -0.05) is 15.6 Å². The summed E-state index contributed by atoms with van der Waals surface area (Å²) in [7, 11) is 0. The van der Waals surface area contributed by atoms with Gasteiger partial charge in [0, 0.05) is 0 Å². The molecule has 0 aliphatic carbocycles. The SMILES string of the molecule is CCOC(=O)c1ccc(OCc2cn(Cc3c(C)c(Cn4cc(COc5ccc(C(=O)OCC)cc5)nn4)c(C)c(Cn4cc(COc5ccc(C(=O)OCC)cc5)nn4)c3C)nn2)cc1. The van der Waals surface area contributed by atoms with Crippen molar-refractivity contribution in [1.82, 2.24) is 45.0 Å². The van der Waals surface area contributed by atoms with Crippen LogP contribution >= 0.6 is 0 Å². The van der Waals surface area contributed by atoms with Gasteiger partial charge in [-0.15, -0.1) is 15.3 Å². The first-order chi connectivity index (χ1) is 32.0. The third-order valence-electron chi connectivity index (χ3n) is 10.7. The number of carbonyl (C=O) groups excluding carboxylic acids is 3. The van der Waals surface area contributed by atoms with Gasteiger partial charge in [-0.2, -0.15) is 0 Å². The molecule has 0 unspecified atom stereocenters. The van der Waals surface area contributed by atoms with Gasteiger partial charge >= 0.3 is 17.9 Å². The van der Waals surface area contributed by atoms with Gasteiger partial charge in [-0.05, 0) is 148 Å². The lowest BCUT2D eigenvalue weighted by Gasteiger charge is -2.22. The van der Waals surface area contributed by atoms with Crippen molar-refractivity contribution >= 4 is 17.9 Å². The van der Waals surface area contributed by atoms with Crippen molar-refractivity contribution in [1.29, 1.82) is 0 Å². The highest BCUT2D eigenvalue weighted by Gasteiger charge is 2.21. The highest BCUT2D eigenvalue weighted by molar-refractivity contribution is 5.90.